The average Bonchev–Trinajstić information content (AvgIpc) is 2.40. The van der Waals surface area contributed by atoms with Gasteiger partial charge in [0.05, 0.1) is 12.1 Å². The van der Waals surface area contributed by atoms with E-state index in [1.807, 2.05) is 13.8 Å². The molecule has 0 spiro atoms. The Morgan fingerprint density at radius 3 is 2.28 bits per heavy atom. The molecular weight excluding hydrogens is 228 g/mol. The number of aliphatic imine (C=N–C) groups is 2. The molecule has 0 aromatic rings. The zero-order valence-electron chi connectivity index (χ0n) is 11.1. The van der Waals surface area contributed by atoms with Crippen LogP contribution in [-0.2, 0) is 9.59 Å². The second kappa shape index (κ2) is 5.17. The summed E-state index contributed by atoms with van der Waals surface area (Å²) in [5.41, 5.74) is 0.0337. The monoisotopic (exact) mass is 248 g/mol. The van der Waals surface area contributed by atoms with E-state index in [1.165, 1.54) is 12.8 Å². The first-order valence-electron chi connectivity index (χ1n) is 6.78. The van der Waals surface area contributed by atoms with Crippen LogP contribution in [-0.4, -0.2) is 24.2 Å². The van der Waals surface area contributed by atoms with E-state index in [2.05, 4.69) is 9.98 Å². The summed E-state index contributed by atoms with van der Waals surface area (Å²) in [5.74, 6) is 1.10. The molecule has 3 rings (SSSR count). The van der Waals surface area contributed by atoms with Crippen LogP contribution in [0.3, 0.4) is 0 Å². The van der Waals surface area contributed by atoms with Crippen LogP contribution < -0.4 is 0 Å². The largest absolute Gasteiger partial charge is 0.235 e. The topological polar surface area (TPSA) is 58.9 Å². The van der Waals surface area contributed by atoms with Gasteiger partial charge < -0.3 is 0 Å². The maximum absolute atomic E-state index is 10.6. The van der Waals surface area contributed by atoms with Crippen molar-refractivity contribution in [1.82, 2.24) is 0 Å². The Balaban J connectivity index is 2.31. The Labute approximate surface area is 108 Å². The fourth-order valence-electron chi connectivity index (χ4n) is 4.20. The maximum atomic E-state index is 10.6. The fourth-order valence-corrected chi connectivity index (χ4v) is 4.20. The van der Waals surface area contributed by atoms with E-state index >= 15 is 0 Å². The Morgan fingerprint density at radius 1 is 1.11 bits per heavy atom. The molecule has 2 bridgehead atoms. The van der Waals surface area contributed by atoms with Crippen molar-refractivity contribution in [3.8, 4) is 0 Å². The predicted molar refractivity (Wildman–Crippen MR) is 67.7 cm³/mol. The number of nitrogens with zero attached hydrogens (tertiary/aromatic N) is 2. The van der Waals surface area contributed by atoms with Crippen molar-refractivity contribution in [3.05, 3.63) is 0 Å². The summed E-state index contributed by atoms with van der Waals surface area (Å²) in [4.78, 5) is 28.9. The van der Waals surface area contributed by atoms with Gasteiger partial charge in [0.1, 0.15) is 0 Å². The van der Waals surface area contributed by atoms with Gasteiger partial charge in [-0.1, -0.05) is 0 Å². The molecule has 0 heterocycles. The second-order valence-electron chi connectivity index (χ2n) is 5.88. The summed E-state index contributed by atoms with van der Waals surface area (Å²) in [6.45, 7) is 3.98. The van der Waals surface area contributed by atoms with Crippen LogP contribution in [0.15, 0.2) is 9.98 Å². The lowest BCUT2D eigenvalue weighted by molar-refractivity contribution is -0.0306. The third-order valence-corrected chi connectivity index (χ3v) is 5.28. The number of hydrogen-bond acceptors (Lipinski definition) is 4. The highest BCUT2D eigenvalue weighted by atomic mass is 16.1. The normalized spacial score (nSPS) is 37.2. The van der Waals surface area contributed by atoms with Crippen LogP contribution in [0.4, 0.5) is 0 Å². The van der Waals surface area contributed by atoms with Crippen LogP contribution in [0.2, 0.25) is 0 Å². The molecule has 0 aromatic carbocycles. The highest BCUT2D eigenvalue weighted by Crippen LogP contribution is 2.57. The molecule has 0 amide bonds. The van der Waals surface area contributed by atoms with Gasteiger partial charge in [-0.25, -0.2) is 19.6 Å². The SMILES string of the molecule is CC(N=C=O)C1CC2CCC1(C(C)N=C=O)CC2. The van der Waals surface area contributed by atoms with Gasteiger partial charge in [-0.2, -0.15) is 0 Å². The quantitative estimate of drug-likeness (QED) is 0.567. The second-order valence-corrected chi connectivity index (χ2v) is 5.88. The standard InChI is InChI=1S/C14H20N2O2/c1-10(15-8-17)13-7-12-3-5-14(13,6-4-12)11(2)16-9-18/h10-13H,3-7H2,1-2H3. The molecule has 0 saturated heterocycles. The molecule has 3 saturated carbocycles. The van der Waals surface area contributed by atoms with E-state index in [9.17, 15) is 9.59 Å². The molecule has 0 aliphatic heterocycles. The Morgan fingerprint density at radius 2 is 1.72 bits per heavy atom. The van der Waals surface area contributed by atoms with E-state index in [1.54, 1.807) is 12.2 Å². The van der Waals surface area contributed by atoms with Crippen LogP contribution in [0.1, 0.15) is 46.0 Å². The molecule has 3 atom stereocenters. The number of fused-ring (bicyclic) bond motifs is 3. The molecule has 4 nitrogen and oxygen atoms in total. The van der Waals surface area contributed by atoms with Crippen molar-refractivity contribution in [1.29, 1.82) is 0 Å². The molecular formula is C14H20N2O2. The number of rotatable bonds is 4. The summed E-state index contributed by atoms with van der Waals surface area (Å²) < 4.78 is 0. The summed E-state index contributed by atoms with van der Waals surface area (Å²) in [6.07, 6.45) is 9.09. The van der Waals surface area contributed by atoms with Crippen LogP contribution in [0, 0.1) is 17.3 Å². The van der Waals surface area contributed by atoms with Crippen molar-refractivity contribution in [2.24, 2.45) is 27.2 Å². The van der Waals surface area contributed by atoms with E-state index < -0.39 is 0 Å². The van der Waals surface area contributed by atoms with Gasteiger partial charge in [-0.3, -0.25) is 0 Å². The van der Waals surface area contributed by atoms with Crippen LogP contribution >= 0.6 is 0 Å². The van der Waals surface area contributed by atoms with Gasteiger partial charge in [-0.15, -0.1) is 0 Å². The highest BCUT2D eigenvalue weighted by molar-refractivity contribution is 5.35. The third-order valence-electron chi connectivity index (χ3n) is 5.28. The molecule has 0 radical (unpaired) electrons. The first-order valence-corrected chi connectivity index (χ1v) is 6.78. The molecule has 3 unspecified atom stereocenters. The summed E-state index contributed by atoms with van der Waals surface area (Å²) >= 11 is 0. The van der Waals surface area contributed by atoms with Gasteiger partial charge >= 0.3 is 0 Å². The zero-order valence-corrected chi connectivity index (χ0v) is 11.1. The summed E-state index contributed by atoms with van der Waals surface area (Å²) in [7, 11) is 0. The van der Waals surface area contributed by atoms with E-state index in [0.29, 0.717) is 5.92 Å². The minimum absolute atomic E-state index is 0.0186. The Kier molecular flexibility index (Phi) is 3.79. The average molecular weight is 248 g/mol. The highest BCUT2D eigenvalue weighted by Gasteiger charge is 2.52. The van der Waals surface area contributed by atoms with Crippen molar-refractivity contribution >= 4 is 12.2 Å². The minimum Gasteiger partial charge on any atom is -0.211 e. The molecule has 3 fully saturated rings. The lowest BCUT2D eigenvalue weighted by atomic mass is 9.51. The van der Waals surface area contributed by atoms with Crippen molar-refractivity contribution in [2.75, 3.05) is 0 Å². The zero-order chi connectivity index (χ0) is 13.2. The molecule has 98 valence electrons. The van der Waals surface area contributed by atoms with E-state index in [0.717, 1.165) is 25.2 Å². The molecule has 0 N–H and O–H groups in total. The van der Waals surface area contributed by atoms with Crippen molar-refractivity contribution in [3.63, 3.8) is 0 Å². The number of isocyanates is 2. The van der Waals surface area contributed by atoms with Gasteiger partial charge in [0.15, 0.2) is 0 Å². The number of carbonyl (C=O) groups excluding carboxylic acids is 2. The fraction of sp³-hybridized carbons (Fsp3) is 0.857. The Bertz CT molecular complexity index is 400. The van der Waals surface area contributed by atoms with Crippen molar-refractivity contribution < 1.29 is 9.59 Å². The Hall–Kier alpha value is -1.24. The van der Waals surface area contributed by atoms with Crippen LogP contribution in [0.25, 0.3) is 0 Å². The lowest BCUT2D eigenvalue weighted by Gasteiger charge is -2.55. The third kappa shape index (κ3) is 2.07. The minimum atomic E-state index is -0.0226. The summed E-state index contributed by atoms with van der Waals surface area (Å²) in [5, 5.41) is 0. The molecule has 18 heavy (non-hydrogen) atoms. The van der Waals surface area contributed by atoms with Gasteiger partial charge in [0.2, 0.25) is 12.2 Å². The predicted octanol–water partition coefficient (Wildman–Crippen LogP) is 2.63. The van der Waals surface area contributed by atoms with E-state index in [4.69, 9.17) is 0 Å². The van der Waals surface area contributed by atoms with Crippen LogP contribution in [0.5, 0.6) is 0 Å². The molecule has 0 aromatic heterocycles. The molecule has 4 heteroatoms. The first kappa shape index (κ1) is 13.2. The molecule has 3 aliphatic rings. The van der Waals surface area contributed by atoms with Gasteiger partial charge in [-0.05, 0) is 63.2 Å². The maximum Gasteiger partial charge on any atom is 0.235 e. The summed E-state index contributed by atoms with van der Waals surface area (Å²) in [6, 6.07) is -0.0412. The van der Waals surface area contributed by atoms with Gasteiger partial charge in [0.25, 0.3) is 0 Å². The smallest absolute Gasteiger partial charge is 0.211 e. The lowest BCUT2D eigenvalue weighted by Crippen LogP contribution is -2.51. The number of hydrogen-bond donors (Lipinski definition) is 0. The molecule has 3 aliphatic carbocycles. The van der Waals surface area contributed by atoms with Gasteiger partial charge in [0, 0.05) is 0 Å². The van der Waals surface area contributed by atoms with E-state index in [-0.39, 0.29) is 17.5 Å². The first-order chi connectivity index (χ1) is 8.64. The van der Waals surface area contributed by atoms with Crippen molar-refractivity contribution in [2.45, 2.75) is 58.0 Å².